The van der Waals surface area contributed by atoms with E-state index in [0.717, 1.165) is 12.7 Å². The maximum absolute atomic E-state index is 12.7. The van der Waals surface area contributed by atoms with Gasteiger partial charge in [-0.15, -0.1) is 0 Å². The fraction of sp³-hybridized carbons (Fsp3) is 0. The van der Waals surface area contributed by atoms with Gasteiger partial charge in [-0.2, -0.15) is 0 Å². The zero-order valence-corrected chi connectivity index (χ0v) is 7.89. The summed E-state index contributed by atoms with van der Waals surface area (Å²) in [5, 5.41) is -0.167. The first-order valence-electron chi connectivity index (χ1n) is 3.19. The van der Waals surface area contributed by atoms with Gasteiger partial charge in [0.1, 0.15) is 12.4 Å². The lowest BCUT2D eigenvalue weighted by molar-refractivity contribution is 0.428. The van der Waals surface area contributed by atoms with Crippen LogP contribution in [0.4, 0.5) is 4.39 Å². The predicted octanol–water partition coefficient (Wildman–Crippen LogP) is 1.53. The zero-order valence-electron chi connectivity index (χ0n) is 6.24. The molecule has 0 unspecified atom stereocenters. The van der Waals surface area contributed by atoms with E-state index < -0.39 is 16.8 Å². The molecule has 13 heavy (non-hydrogen) atoms. The van der Waals surface area contributed by atoms with Gasteiger partial charge in [0.15, 0.2) is 0 Å². The van der Waals surface area contributed by atoms with Crippen LogP contribution in [0.15, 0.2) is 18.2 Å². The van der Waals surface area contributed by atoms with Crippen LogP contribution in [-0.2, 0) is 15.2 Å². The molecule has 0 spiro atoms. The van der Waals surface area contributed by atoms with E-state index in [2.05, 4.69) is 4.18 Å². The summed E-state index contributed by atoms with van der Waals surface area (Å²) < 4.78 is 36.9. The summed E-state index contributed by atoms with van der Waals surface area (Å²) in [5.41, 5.74) is 0.181. The third kappa shape index (κ3) is 2.95. The minimum atomic E-state index is -2.98. The zero-order chi connectivity index (χ0) is 9.84. The number of benzene rings is 1. The van der Waals surface area contributed by atoms with Crippen molar-refractivity contribution < 1.29 is 17.0 Å². The number of hydrogen-bond donors (Lipinski definition) is 1. The molecule has 3 nitrogen and oxygen atoms in total. The Kier molecular flexibility index (Phi) is 3.65. The summed E-state index contributed by atoms with van der Waals surface area (Å²) in [4.78, 5) is 0. The first-order valence-corrected chi connectivity index (χ1v) is 4.67. The van der Waals surface area contributed by atoms with Crippen molar-refractivity contribution in [3.63, 3.8) is 0 Å². The van der Waals surface area contributed by atoms with Gasteiger partial charge in [0, 0.05) is 5.56 Å². The molecule has 1 radical (unpaired) electrons. The van der Waals surface area contributed by atoms with Gasteiger partial charge in [-0.05, 0) is 6.07 Å². The molecule has 0 saturated carbocycles. The van der Waals surface area contributed by atoms with Crippen molar-refractivity contribution in [1.82, 2.24) is 0 Å². The van der Waals surface area contributed by atoms with Crippen LogP contribution in [0.5, 0.6) is 0 Å². The van der Waals surface area contributed by atoms with Crippen molar-refractivity contribution in [2.75, 3.05) is 0 Å². The Labute approximate surface area is 81.2 Å². The molecule has 0 aliphatic carbocycles. The Balaban J connectivity index is 2.83. The van der Waals surface area contributed by atoms with Crippen molar-refractivity contribution in [2.24, 2.45) is 0 Å². The minimum Gasteiger partial charge on any atom is -0.261 e. The molecular weight excluding hydrogens is 219 g/mol. The largest absolute Gasteiger partial charge is 0.261 e. The quantitative estimate of drug-likeness (QED) is 0.791. The normalized spacial score (nSPS) is 10.7. The molecule has 0 saturated heterocycles. The summed E-state index contributed by atoms with van der Waals surface area (Å²) in [7, 11) is -2.98. The predicted molar refractivity (Wildman–Crippen MR) is 46.2 cm³/mol. The fourth-order valence-electron chi connectivity index (χ4n) is 0.711. The molecule has 6 heteroatoms. The van der Waals surface area contributed by atoms with E-state index >= 15 is 0 Å². The third-order valence-corrected chi connectivity index (χ3v) is 1.92. The second-order valence-electron chi connectivity index (χ2n) is 2.09. The SMILES string of the molecule is O=[SH](=O)O[CH]c1cccc(F)c1Cl. The van der Waals surface area contributed by atoms with Crippen LogP contribution in [0, 0.1) is 12.4 Å². The van der Waals surface area contributed by atoms with Crippen LogP contribution in [0.1, 0.15) is 5.56 Å². The molecule has 0 aliphatic rings. The van der Waals surface area contributed by atoms with Crippen LogP contribution < -0.4 is 0 Å². The van der Waals surface area contributed by atoms with Crippen molar-refractivity contribution in [2.45, 2.75) is 0 Å². The molecule has 0 aromatic heterocycles. The van der Waals surface area contributed by atoms with Gasteiger partial charge in [-0.25, -0.2) is 12.8 Å². The van der Waals surface area contributed by atoms with Crippen LogP contribution in [0.3, 0.4) is 0 Å². The van der Waals surface area contributed by atoms with Gasteiger partial charge >= 0.3 is 0 Å². The number of hydrogen-bond acceptors (Lipinski definition) is 3. The second kappa shape index (κ2) is 4.55. The summed E-state index contributed by atoms with van der Waals surface area (Å²) in [6.07, 6.45) is 0. The Morgan fingerprint density at radius 3 is 2.77 bits per heavy atom. The lowest BCUT2D eigenvalue weighted by Crippen LogP contribution is -1.90. The summed E-state index contributed by atoms with van der Waals surface area (Å²) in [6.45, 7) is 0.872. The van der Waals surface area contributed by atoms with Crippen LogP contribution in [0.25, 0.3) is 0 Å². The molecule has 71 valence electrons. The first kappa shape index (κ1) is 10.4. The van der Waals surface area contributed by atoms with E-state index in [1.54, 1.807) is 0 Å². The highest BCUT2D eigenvalue weighted by Gasteiger charge is 2.05. The first-order chi connectivity index (χ1) is 6.11. The molecule has 1 rings (SSSR count). The highest BCUT2D eigenvalue weighted by molar-refractivity contribution is 7.67. The maximum Gasteiger partial charge on any atom is 0.257 e. The van der Waals surface area contributed by atoms with Gasteiger partial charge in [-0.1, -0.05) is 23.7 Å². The molecule has 0 N–H and O–H groups in total. The van der Waals surface area contributed by atoms with Gasteiger partial charge in [-0.3, -0.25) is 4.18 Å². The smallest absolute Gasteiger partial charge is 0.257 e. The lowest BCUT2D eigenvalue weighted by Gasteiger charge is -2.00. The van der Waals surface area contributed by atoms with Crippen molar-refractivity contribution in [3.8, 4) is 0 Å². The number of thiol groups is 1. The van der Waals surface area contributed by atoms with Gasteiger partial charge in [0.05, 0.1) is 5.02 Å². The maximum atomic E-state index is 12.7. The van der Waals surface area contributed by atoms with E-state index in [4.69, 9.17) is 11.6 Å². The Morgan fingerprint density at radius 1 is 1.46 bits per heavy atom. The molecule has 1 aromatic carbocycles. The molecule has 0 amide bonds. The van der Waals surface area contributed by atoms with Gasteiger partial charge < -0.3 is 0 Å². The number of halogens is 2. The number of rotatable bonds is 3. The van der Waals surface area contributed by atoms with Crippen LogP contribution in [-0.4, -0.2) is 8.42 Å². The summed E-state index contributed by atoms with van der Waals surface area (Å²) in [5.74, 6) is -0.625. The Morgan fingerprint density at radius 2 is 2.15 bits per heavy atom. The molecule has 1 aromatic rings. The van der Waals surface area contributed by atoms with E-state index in [1.807, 2.05) is 0 Å². The van der Waals surface area contributed by atoms with E-state index in [0.29, 0.717) is 0 Å². The summed E-state index contributed by atoms with van der Waals surface area (Å²) >= 11 is 5.49. The molecule has 0 aliphatic heterocycles. The molecular formula is C7H5ClFO3S. The third-order valence-electron chi connectivity index (χ3n) is 1.25. The molecule has 0 bridgehead atoms. The van der Waals surface area contributed by atoms with Crippen molar-refractivity contribution in [1.29, 1.82) is 0 Å². The molecule has 0 heterocycles. The van der Waals surface area contributed by atoms with Gasteiger partial charge in [0.2, 0.25) is 0 Å². The van der Waals surface area contributed by atoms with E-state index in [9.17, 15) is 12.8 Å². The van der Waals surface area contributed by atoms with Crippen molar-refractivity contribution >= 4 is 22.6 Å². The Bertz CT molecular complexity index is 370. The lowest BCUT2D eigenvalue weighted by atomic mass is 10.2. The van der Waals surface area contributed by atoms with E-state index in [-0.39, 0.29) is 10.6 Å². The standard InChI is InChI=1S/C7H5ClFO3S/c8-7-5(4-12-13(10)11)2-1-3-6(7)9/h1-4,13H. The van der Waals surface area contributed by atoms with Gasteiger partial charge in [0.25, 0.3) is 11.0 Å². The Hall–Kier alpha value is -0.650. The van der Waals surface area contributed by atoms with Crippen LogP contribution in [0.2, 0.25) is 5.02 Å². The average molecular weight is 224 g/mol. The summed E-state index contributed by atoms with van der Waals surface area (Å²) in [6, 6.07) is 4.00. The highest BCUT2D eigenvalue weighted by Crippen LogP contribution is 2.21. The second-order valence-corrected chi connectivity index (χ2v) is 3.13. The van der Waals surface area contributed by atoms with E-state index in [1.165, 1.54) is 12.1 Å². The average Bonchev–Trinajstić information content (AvgIpc) is 2.07. The topological polar surface area (TPSA) is 43.4 Å². The minimum absolute atomic E-state index is 0.167. The molecule has 0 fully saturated rings. The fourth-order valence-corrected chi connectivity index (χ4v) is 1.08. The van der Waals surface area contributed by atoms with Crippen LogP contribution >= 0.6 is 11.6 Å². The molecule has 0 atom stereocenters. The monoisotopic (exact) mass is 223 g/mol. The highest BCUT2D eigenvalue weighted by atomic mass is 35.5. The van der Waals surface area contributed by atoms with Crippen molar-refractivity contribution in [3.05, 3.63) is 41.2 Å².